The van der Waals surface area contributed by atoms with Crippen LogP contribution in [-0.4, -0.2) is 31.7 Å². The van der Waals surface area contributed by atoms with Gasteiger partial charge >= 0.3 is 0 Å². The van der Waals surface area contributed by atoms with E-state index < -0.39 is 20.9 Å². The Morgan fingerprint density at radius 3 is 2.63 bits per heavy atom. The predicted octanol–water partition coefficient (Wildman–Crippen LogP) is 5.73. The van der Waals surface area contributed by atoms with Crippen molar-refractivity contribution in [3.05, 3.63) is 74.4 Å². The fourth-order valence-electron chi connectivity index (χ4n) is 3.59. The second kappa shape index (κ2) is 8.94. The minimum atomic E-state index is -3.38. The number of hydrogen-bond donors (Lipinski definition) is 0. The SMILES string of the molecule is O=S(=O)(c1ccccc1Br)C1CCN(c2nc(Cc3ccc(Cl)c(F)c3)cs2)CC1. The van der Waals surface area contributed by atoms with E-state index in [1.807, 2.05) is 11.4 Å². The summed E-state index contributed by atoms with van der Waals surface area (Å²) in [7, 11) is -3.38. The van der Waals surface area contributed by atoms with Gasteiger partial charge in [0.1, 0.15) is 5.82 Å². The number of nitrogens with zero attached hydrogens (tertiary/aromatic N) is 2. The molecular weight excluding hydrogens is 511 g/mol. The molecule has 1 fully saturated rings. The zero-order valence-electron chi connectivity index (χ0n) is 15.9. The Hall–Kier alpha value is -1.48. The maximum Gasteiger partial charge on any atom is 0.185 e. The van der Waals surface area contributed by atoms with Crippen LogP contribution in [-0.2, 0) is 16.3 Å². The zero-order chi connectivity index (χ0) is 21.3. The van der Waals surface area contributed by atoms with Crippen molar-refractivity contribution in [1.82, 2.24) is 4.98 Å². The minimum Gasteiger partial charge on any atom is -0.348 e. The number of anilines is 1. The van der Waals surface area contributed by atoms with Gasteiger partial charge < -0.3 is 4.90 Å². The van der Waals surface area contributed by atoms with Gasteiger partial charge in [-0.1, -0.05) is 29.8 Å². The van der Waals surface area contributed by atoms with E-state index >= 15 is 0 Å². The number of piperidine rings is 1. The van der Waals surface area contributed by atoms with Gasteiger partial charge in [0.05, 0.1) is 20.9 Å². The summed E-state index contributed by atoms with van der Waals surface area (Å²) < 4.78 is 40.3. The van der Waals surface area contributed by atoms with Crippen molar-refractivity contribution in [2.45, 2.75) is 29.4 Å². The first kappa shape index (κ1) is 21.7. The zero-order valence-corrected chi connectivity index (χ0v) is 19.9. The van der Waals surface area contributed by atoms with Crippen molar-refractivity contribution in [2.24, 2.45) is 0 Å². The van der Waals surface area contributed by atoms with Crippen molar-refractivity contribution in [3.8, 4) is 0 Å². The van der Waals surface area contributed by atoms with E-state index in [1.165, 1.54) is 17.4 Å². The van der Waals surface area contributed by atoms with Gasteiger partial charge in [0.2, 0.25) is 0 Å². The molecule has 0 amide bonds. The molecule has 1 aliphatic heterocycles. The number of hydrogen-bond acceptors (Lipinski definition) is 5. The van der Waals surface area contributed by atoms with Gasteiger partial charge in [-0.3, -0.25) is 0 Å². The highest BCUT2D eigenvalue weighted by Crippen LogP contribution is 2.32. The molecule has 0 spiro atoms. The van der Waals surface area contributed by atoms with E-state index in [0.717, 1.165) is 16.4 Å². The third-order valence-corrected chi connectivity index (χ3v) is 9.73. The summed E-state index contributed by atoms with van der Waals surface area (Å²) in [4.78, 5) is 7.16. The fourth-order valence-corrected chi connectivity index (χ4v) is 7.35. The molecule has 2 aromatic carbocycles. The van der Waals surface area contributed by atoms with E-state index in [0.29, 0.717) is 41.7 Å². The first-order valence-corrected chi connectivity index (χ1v) is 13.1. The number of aromatic nitrogens is 1. The molecule has 3 aromatic rings. The highest BCUT2D eigenvalue weighted by Gasteiger charge is 2.33. The van der Waals surface area contributed by atoms with Gasteiger partial charge in [-0.2, -0.15) is 0 Å². The van der Waals surface area contributed by atoms with Gasteiger partial charge in [0.15, 0.2) is 15.0 Å². The molecule has 158 valence electrons. The Morgan fingerprint density at radius 1 is 1.20 bits per heavy atom. The third kappa shape index (κ3) is 4.56. The summed E-state index contributed by atoms with van der Waals surface area (Å²) in [5, 5.41) is 2.55. The predicted molar refractivity (Wildman–Crippen MR) is 123 cm³/mol. The Kier molecular flexibility index (Phi) is 6.48. The fraction of sp³-hybridized carbons (Fsp3) is 0.286. The minimum absolute atomic E-state index is 0.109. The van der Waals surface area contributed by atoms with Crippen LogP contribution in [0.4, 0.5) is 9.52 Å². The Labute approximate surface area is 192 Å². The molecule has 4 nitrogen and oxygen atoms in total. The second-order valence-corrected chi connectivity index (χ2v) is 11.5. The highest BCUT2D eigenvalue weighted by atomic mass is 79.9. The van der Waals surface area contributed by atoms with Crippen LogP contribution in [0.3, 0.4) is 0 Å². The number of benzene rings is 2. The van der Waals surface area contributed by atoms with Gasteiger partial charge in [-0.25, -0.2) is 17.8 Å². The molecule has 0 saturated carbocycles. The van der Waals surface area contributed by atoms with Crippen LogP contribution in [0, 0.1) is 5.82 Å². The molecule has 0 N–H and O–H groups in total. The van der Waals surface area contributed by atoms with E-state index in [1.54, 1.807) is 30.3 Å². The first-order chi connectivity index (χ1) is 14.3. The lowest BCUT2D eigenvalue weighted by Gasteiger charge is -2.31. The lowest BCUT2D eigenvalue weighted by molar-refractivity contribution is 0.529. The second-order valence-electron chi connectivity index (χ2n) is 7.21. The summed E-state index contributed by atoms with van der Waals surface area (Å²) in [5.74, 6) is -0.432. The maximum atomic E-state index is 13.6. The molecule has 2 heterocycles. The number of thiazole rings is 1. The van der Waals surface area contributed by atoms with Crippen LogP contribution < -0.4 is 4.90 Å². The molecule has 0 unspecified atom stereocenters. The first-order valence-electron chi connectivity index (χ1n) is 9.46. The van der Waals surface area contributed by atoms with E-state index in [2.05, 4.69) is 25.8 Å². The van der Waals surface area contributed by atoms with Crippen LogP contribution in [0.25, 0.3) is 0 Å². The number of rotatable bonds is 5. The lowest BCUT2D eigenvalue weighted by Crippen LogP contribution is -2.39. The van der Waals surface area contributed by atoms with Crippen LogP contribution in [0.15, 0.2) is 57.2 Å². The highest BCUT2D eigenvalue weighted by molar-refractivity contribution is 9.10. The van der Waals surface area contributed by atoms with Crippen molar-refractivity contribution in [3.63, 3.8) is 0 Å². The van der Waals surface area contributed by atoms with Crippen LogP contribution in [0.1, 0.15) is 24.1 Å². The summed E-state index contributed by atoms with van der Waals surface area (Å²) in [6.07, 6.45) is 1.64. The average Bonchev–Trinajstić information content (AvgIpc) is 3.19. The van der Waals surface area contributed by atoms with Crippen LogP contribution in [0.2, 0.25) is 5.02 Å². The third-order valence-electron chi connectivity index (χ3n) is 5.20. The van der Waals surface area contributed by atoms with Crippen LogP contribution >= 0.6 is 38.9 Å². The average molecular weight is 530 g/mol. The normalized spacial score (nSPS) is 15.5. The summed E-state index contributed by atoms with van der Waals surface area (Å²) >= 11 is 10.6. The van der Waals surface area contributed by atoms with Crippen LogP contribution in [0.5, 0.6) is 0 Å². The number of halogens is 3. The molecule has 0 atom stereocenters. The van der Waals surface area contributed by atoms with Crippen molar-refractivity contribution >= 4 is 53.8 Å². The molecule has 1 aliphatic rings. The molecule has 30 heavy (non-hydrogen) atoms. The quantitative estimate of drug-likeness (QED) is 0.423. The van der Waals surface area contributed by atoms with Gasteiger partial charge in [0, 0.05) is 29.4 Å². The smallest absolute Gasteiger partial charge is 0.185 e. The Bertz CT molecular complexity index is 1160. The van der Waals surface area contributed by atoms with Gasteiger partial charge in [-0.15, -0.1) is 11.3 Å². The Balaban J connectivity index is 1.41. The molecular formula is C21H19BrClFN2O2S2. The summed E-state index contributed by atoms with van der Waals surface area (Å²) in [6, 6.07) is 11.7. The van der Waals surface area contributed by atoms with E-state index in [4.69, 9.17) is 11.6 Å². The standard InChI is InChI=1S/C21H19BrClFN2O2S2/c22-17-3-1-2-4-20(17)30(27,28)16-7-9-26(10-8-16)21-25-15(13-29-21)11-14-5-6-18(23)19(24)12-14/h1-6,12-13,16H,7-11H2. The van der Waals surface area contributed by atoms with E-state index in [-0.39, 0.29) is 5.02 Å². The molecule has 1 aromatic heterocycles. The van der Waals surface area contributed by atoms with Crippen molar-refractivity contribution in [2.75, 3.05) is 18.0 Å². The molecule has 4 rings (SSSR count). The number of sulfone groups is 1. The van der Waals surface area contributed by atoms with Crippen molar-refractivity contribution in [1.29, 1.82) is 0 Å². The maximum absolute atomic E-state index is 13.6. The van der Waals surface area contributed by atoms with Crippen molar-refractivity contribution < 1.29 is 12.8 Å². The summed E-state index contributed by atoms with van der Waals surface area (Å²) in [6.45, 7) is 1.27. The van der Waals surface area contributed by atoms with Gasteiger partial charge in [-0.05, 0) is 58.6 Å². The van der Waals surface area contributed by atoms with Gasteiger partial charge in [0.25, 0.3) is 0 Å². The molecule has 0 radical (unpaired) electrons. The topological polar surface area (TPSA) is 50.3 Å². The lowest BCUT2D eigenvalue weighted by atomic mass is 10.1. The largest absolute Gasteiger partial charge is 0.348 e. The summed E-state index contributed by atoms with van der Waals surface area (Å²) in [5.41, 5.74) is 1.67. The molecule has 9 heteroatoms. The monoisotopic (exact) mass is 528 g/mol. The molecule has 1 saturated heterocycles. The molecule has 0 bridgehead atoms. The van der Waals surface area contributed by atoms with E-state index in [9.17, 15) is 12.8 Å². The Morgan fingerprint density at radius 2 is 1.93 bits per heavy atom. The molecule has 0 aliphatic carbocycles.